The second kappa shape index (κ2) is 11.2. The Hall–Kier alpha value is -4.30. The maximum atomic E-state index is 13.9. The molecule has 37 heavy (non-hydrogen) atoms. The molecular formula is C29H28N2O5S. The number of ether oxygens (including phenoxy) is 2. The van der Waals surface area contributed by atoms with Crippen LogP contribution in [0.4, 0.5) is 11.4 Å². The molecule has 7 nitrogen and oxygen atoms in total. The molecule has 0 aliphatic heterocycles. The number of anilines is 2. The largest absolute Gasteiger partial charge is 0.497 e. The molecule has 0 saturated heterocycles. The van der Waals surface area contributed by atoms with E-state index >= 15 is 0 Å². The minimum atomic E-state index is -4.05. The van der Waals surface area contributed by atoms with Crippen LogP contribution in [-0.2, 0) is 16.6 Å². The van der Waals surface area contributed by atoms with Crippen LogP contribution >= 0.6 is 0 Å². The zero-order valence-corrected chi connectivity index (χ0v) is 21.7. The van der Waals surface area contributed by atoms with Crippen molar-refractivity contribution in [2.45, 2.75) is 18.4 Å². The number of nitrogens with one attached hydrogen (secondary N) is 1. The van der Waals surface area contributed by atoms with Gasteiger partial charge in [0.2, 0.25) is 0 Å². The second-order valence-corrected chi connectivity index (χ2v) is 10.2. The molecule has 0 unspecified atom stereocenters. The van der Waals surface area contributed by atoms with Crippen molar-refractivity contribution in [3.63, 3.8) is 0 Å². The van der Waals surface area contributed by atoms with Gasteiger partial charge in [0.15, 0.2) is 0 Å². The number of carbonyl (C=O) groups is 1. The highest BCUT2D eigenvalue weighted by Crippen LogP contribution is 2.32. The highest BCUT2D eigenvalue weighted by molar-refractivity contribution is 7.92. The van der Waals surface area contributed by atoms with E-state index in [2.05, 4.69) is 5.32 Å². The van der Waals surface area contributed by atoms with Gasteiger partial charge in [-0.05, 0) is 66.6 Å². The number of rotatable bonds is 9. The molecule has 0 fully saturated rings. The molecule has 4 aromatic carbocycles. The van der Waals surface area contributed by atoms with Gasteiger partial charge in [-0.25, -0.2) is 8.42 Å². The van der Waals surface area contributed by atoms with E-state index in [-0.39, 0.29) is 22.7 Å². The van der Waals surface area contributed by atoms with Crippen LogP contribution in [0.15, 0.2) is 102 Å². The molecule has 0 radical (unpaired) electrons. The lowest BCUT2D eigenvalue weighted by atomic mass is 10.1. The molecule has 1 N–H and O–H groups in total. The molecular weight excluding hydrogens is 488 g/mol. The van der Waals surface area contributed by atoms with Crippen molar-refractivity contribution in [2.75, 3.05) is 23.8 Å². The van der Waals surface area contributed by atoms with Gasteiger partial charge in [0, 0.05) is 0 Å². The number of carbonyl (C=O) groups excluding carboxylic acids is 1. The molecule has 1 amide bonds. The van der Waals surface area contributed by atoms with Crippen molar-refractivity contribution in [3.05, 3.63) is 114 Å². The van der Waals surface area contributed by atoms with E-state index in [0.29, 0.717) is 17.2 Å². The Labute approximate surface area is 217 Å². The predicted octanol–water partition coefficient (Wildman–Crippen LogP) is 5.66. The SMILES string of the molecule is COc1ccc(S(=O)(=O)N(Cc2ccccc2)c2ccccc2C(=O)Nc2cc(C)ccc2OC)cc1. The van der Waals surface area contributed by atoms with Gasteiger partial charge in [-0.2, -0.15) is 0 Å². The highest BCUT2D eigenvalue weighted by atomic mass is 32.2. The first kappa shape index (κ1) is 25.8. The quantitative estimate of drug-likeness (QED) is 0.310. The number of methoxy groups -OCH3 is 2. The molecule has 0 aliphatic carbocycles. The van der Waals surface area contributed by atoms with Gasteiger partial charge < -0.3 is 14.8 Å². The number of aryl methyl sites for hydroxylation is 1. The number of hydrogen-bond acceptors (Lipinski definition) is 5. The highest BCUT2D eigenvalue weighted by Gasteiger charge is 2.29. The van der Waals surface area contributed by atoms with Gasteiger partial charge in [0.05, 0.1) is 42.6 Å². The summed E-state index contributed by atoms with van der Waals surface area (Å²) < 4.78 is 39.7. The van der Waals surface area contributed by atoms with E-state index in [0.717, 1.165) is 11.1 Å². The number of nitrogens with zero attached hydrogens (tertiary/aromatic N) is 1. The maximum Gasteiger partial charge on any atom is 0.264 e. The van der Waals surface area contributed by atoms with Gasteiger partial charge in [-0.3, -0.25) is 9.10 Å². The molecule has 8 heteroatoms. The van der Waals surface area contributed by atoms with E-state index in [1.807, 2.05) is 43.3 Å². The first-order valence-electron chi connectivity index (χ1n) is 11.6. The fourth-order valence-corrected chi connectivity index (χ4v) is 5.39. The lowest BCUT2D eigenvalue weighted by Gasteiger charge is -2.27. The summed E-state index contributed by atoms with van der Waals surface area (Å²) in [6.45, 7) is 1.94. The zero-order chi connectivity index (χ0) is 26.4. The van der Waals surface area contributed by atoms with E-state index < -0.39 is 15.9 Å². The van der Waals surface area contributed by atoms with Crippen LogP contribution in [0, 0.1) is 6.92 Å². The summed E-state index contributed by atoms with van der Waals surface area (Å²) in [7, 11) is -1.01. The molecule has 0 saturated carbocycles. The molecule has 0 aromatic heterocycles. The van der Waals surface area contributed by atoms with Gasteiger partial charge in [-0.15, -0.1) is 0 Å². The molecule has 0 spiro atoms. The Morgan fingerprint density at radius 1 is 0.838 bits per heavy atom. The third kappa shape index (κ3) is 5.76. The van der Waals surface area contributed by atoms with Gasteiger partial charge >= 0.3 is 0 Å². The lowest BCUT2D eigenvalue weighted by molar-refractivity contribution is 0.102. The lowest BCUT2D eigenvalue weighted by Crippen LogP contribution is -2.32. The molecule has 0 bridgehead atoms. The van der Waals surface area contributed by atoms with Crippen molar-refractivity contribution in [1.29, 1.82) is 0 Å². The summed E-state index contributed by atoms with van der Waals surface area (Å²) in [5, 5.41) is 2.88. The fraction of sp³-hybridized carbons (Fsp3) is 0.138. The monoisotopic (exact) mass is 516 g/mol. The first-order valence-corrected chi connectivity index (χ1v) is 13.0. The Kier molecular flexibility index (Phi) is 7.79. The number of para-hydroxylation sites is 1. The smallest absolute Gasteiger partial charge is 0.264 e. The Balaban J connectivity index is 1.79. The van der Waals surface area contributed by atoms with Crippen LogP contribution in [0.5, 0.6) is 11.5 Å². The molecule has 4 aromatic rings. The maximum absolute atomic E-state index is 13.9. The minimum Gasteiger partial charge on any atom is -0.497 e. The van der Waals surface area contributed by atoms with Crippen LogP contribution in [-0.4, -0.2) is 28.5 Å². The van der Waals surface area contributed by atoms with Gasteiger partial charge in [0.1, 0.15) is 11.5 Å². The standard InChI is InChI=1S/C29H28N2O5S/c1-21-13-18-28(36-3)26(19-21)30-29(32)25-11-7-8-12-27(25)31(20-22-9-5-4-6-10-22)37(33,34)24-16-14-23(35-2)15-17-24/h4-19H,20H2,1-3H3,(H,30,32). The van der Waals surface area contributed by atoms with E-state index in [9.17, 15) is 13.2 Å². The summed E-state index contributed by atoms with van der Waals surface area (Å²) in [5.74, 6) is 0.589. The summed E-state index contributed by atoms with van der Waals surface area (Å²) in [6, 6.07) is 27.5. The van der Waals surface area contributed by atoms with Crippen LogP contribution in [0.3, 0.4) is 0 Å². The summed E-state index contributed by atoms with van der Waals surface area (Å²) in [4.78, 5) is 13.6. The average Bonchev–Trinajstić information content (AvgIpc) is 2.92. The molecule has 0 aliphatic rings. The van der Waals surface area contributed by atoms with Gasteiger partial charge in [0.25, 0.3) is 15.9 Å². The van der Waals surface area contributed by atoms with Crippen molar-refractivity contribution >= 4 is 27.3 Å². The average molecular weight is 517 g/mol. The van der Waals surface area contributed by atoms with E-state index in [4.69, 9.17) is 9.47 Å². The van der Waals surface area contributed by atoms with Gasteiger partial charge in [-0.1, -0.05) is 48.5 Å². The number of hydrogen-bond donors (Lipinski definition) is 1. The molecule has 190 valence electrons. The van der Waals surface area contributed by atoms with Crippen molar-refractivity contribution < 1.29 is 22.7 Å². The van der Waals surface area contributed by atoms with Crippen molar-refractivity contribution in [2.24, 2.45) is 0 Å². The van der Waals surface area contributed by atoms with Crippen molar-refractivity contribution in [1.82, 2.24) is 0 Å². The summed E-state index contributed by atoms with van der Waals surface area (Å²) in [6.07, 6.45) is 0. The van der Waals surface area contributed by atoms with E-state index in [1.54, 1.807) is 48.5 Å². The minimum absolute atomic E-state index is 0.0350. The molecule has 0 atom stereocenters. The Morgan fingerprint density at radius 2 is 1.51 bits per heavy atom. The van der Waals surface area contributed by atoms with Crippen molar-refractivity contribution in [3.8, 4) is 11.5 Å². The first-order chi connectivity index (χ1) is 17.8. The van der Waals surface area contributed by atoms with Crippen LogP contribution < -0.4 is 19.1 Å². The number of benzene rings is 4. The van der Waals surface area contributed by atoms with Crippen LogP contribution in [0.1, 0.15) is 21.5 Å². The number of amides is 1. The Morgan fingerprint density at radius 3 is 2.19 bits per heavy atom. The second-order valence-electron chi connectivity index (χ2n) is 8.35. The van der Waals surface area contributed by atoms with Crippen LogP contribution in [0.25, 0.3) is 0 Å². The predicted molar refractivity (Wildman–Crippen MR) is 145 cm³/mol. The molecule has 0 heterocycles. The Bertz CT molecular complexity index is 1490. The normalized spacial score (nSPS) is 11.0. The zero-order valence-electron chi connectivity index (χ0n) is 20.8. The summed E-state index contributed by atoms with van der Waals surface area (Å²) >= 11 is 0. The fourth-order valence-electron chi connectivity index (χ4n) is 3.92. The third-order valence-electron chi connectivity index (χ3n) is 5.84. The summed E-state index contributed by atoms with van der Waals surface area (Å²) in [5.41, 5.74) is 2.67. The molecule has 4 rings (SSSR count). The topological polar surface area (TPSA) is 84.9 Å². The van der Waals surface area contributed by atoms with Crippen LogP contribution in [0.2, 0.25) is 0 Å². The van der Waals surface area contributed by atoms with E-state index in [1.165, 1.54) is 30.7 Å². The number of sulfonamides is 1. The third-order valence-corrected chi connectivity index (χ3v) is 7.61.